The maximum Gasteiger partial charge on any atom is 0.104 e. The Morgan fingerprint density at radius 1 is 1.28 bits per heavy atom. The number of nitriles is 1. The van der Waals surface area contributed by atoms with Gasteiger partial charge in [-0.1, -0.05) is 6.92 Å². The zero-order valence-corrected chi connectivity index (χ0v) is 13.2. The van der Waals surface area contributed by atoms with Crippen LogP contribution in [0.25, 0.3) is 0 Å². The number of aliphatic hydroxyl groups is 1. The van der Waals surface area contributed by atoms with E-state index >= 15 is 0 Å². The van der Waals surface area contributed by atoms with Gasteiger partial charge in [0.1, 0.15) is 5.54 Å². The monoisotopic (exact) mass is 272 g/mol. The fraction of sp³-hybridized carbons (Fsp3) is 0.929. The predicted octanol–water partition coefficient (Wildman–Crippen LogP) is 2.94. The topological polar surface area (TPSA) is 56.0 Å². The summed E-state index contributed by atoms with van der Waals surface area (Å²) in [5.74, 6) is 1.05. The fourth-order valence-electron chi connectivity index (χ4n) is 1.79. The van der Waals surface area contributed by atoms with Crippen LogP contribution >= 0.6 is 11.8 Å². The number of nitrogens with one attached hydrogen (secondary N) is 1. The molecule has 0 rings (SSSR count). The first kappa shape index (κ1) is 17.8. The van der Waals surface area contributed by atoms with Gasteiger partial charge in [0.05, 0.1) is 12.2 Å². The van der Waals surface area contributed by atoms with Crippen molar-refractivity contribution >= 4 is 11.8 Å². The molecule has 3 nitrogen and oxygen atoms in total. The highest BCUT2D eigenvalue weighted by molar-refractivity contribution is 7.99. The van der Waals surface area contributed by atoms with Gasteiger partial charge in [0.25, 0.3) is 0 Å². The zero-order valence-electron chi connectivity index (χ0n) is 12.4. The van der Waals surface area contributed by atoms with Crippen molar-refractivity contribution in [3.8, 4) is 6.07 Å². The molecule has 0 bridgehead atoms. The van der Waals surface area contributed by atoms with Crippen LogP contribution in [0.5, 0.6) is 0 Å². The zero-order chi connectivity index (χ0) is 14.2. The molecule has 0 heterocycles. The Labute approximate surface area is 116 Å². The second-order valence-electron chi connectivity index (χ2n) is 5.52. The molecule has 0 saturated carbocycles. The van der Waals surface area contributed by atoms with Crippen LogP contribution < -0.4 is 5.32 Å². The number of nitrogens with zero attached hydrogens (tertiary/aromatic N) is 1. The fourth-order valence-corrected chi connectivity index (χ4v) is 2.81. The van der Waals surface area contributed by atoms with Gasteiger partial charge in [-0.15, -0.1) is 0 Å². The van der Waals surface area contributed by atoms with Gasteiger partial charge < -0.3 is 5.11 Å². The molecule has 0 fully saturated rings. The minimum absolute atomic E-state index is 0.248. The van der Waals surface area contributed by atoms with E-state index in [0.717, 1.165) is 25.0 Å². The maximum atomic E-state index is 9.37. The van der Waals surface area contributed by atoms with Crippen molar-refractivity contribution in [1.29, 1.82) is 5.26 Å². The highest BCUT2D eigenvalue weighted by Gasteiger charge is 2.23. The van der Waals surface area contributed by atoms with Crippen LogP contribution in [0.2, 0.25) is 0 Å². The minimum atomic E-state index is -0.408. The molecule has 0 aromatic rings. The number of hydrogen-bond donors (Lipinski definition) is 2. The smallest absolute Gasteiger partial charge is 0.104 e. The minimum Gasteiger partial charge on any atom is -0.392 e. The largest absolute Gasteiger partial charge is 0.392 e. The first-order valence-corrected chi connectivity index (χ1v) is 7.84. The highest BCUT2D eigenvalue weighted by Crippen LogP contribution is 2.19. The lowest BCUT2D eigenvalue weighted by molar-refractivity contribution is 0.196. The van der Waals surface area contributed by atoms with Gasteiger partial charge in [-0.2, -0.15) is 17.0 Å². The number of aliphatic hydroxyl groups excluding tert-OH is 1. The summed E-state index contributed by atoms with van der Waals surface area (Å²) in [5, 5.41) is 22.2. The molecule has 106 valence electrons. The van der Waals surface area contributed by atoms with E-state index in [-0.39, 0.29) is 6.10 Å². The molecule has 0 aromatic heterocycles. The molecule has 3 atom stereocenters. The van der Waals surface area contributed by atoms with E-state index in [2.05, 4.69) is 32.2 Å². The summed E-state index contributed by atoms with van der Waals surface area (Å²) in [6.07, 6.45) is 2.77. The van der Waals surface area contributed by atoms with Crippen molar-refractivity contribution < 1.29 is 5.11 Å². The van der Waals surface area contributed by atoms with Crippen LogP contribution in [-0.4, -0.2) is 33.8 Å². The average Bonchev–Trinajstić information content (AvgIpc) is 2.27. The standard InChI is InChI=1S/C14H28N2OS/c1-11(2)16-14(5,10-15)8-6-7-9-18-13(4)12(3)17/h11-13,16-17H,6-9H2,1-5H3. The summed E-state index contributed by atoms with van der Waals surface area (Å²) in [7, 11) is 0. The van der Waals surface area contributed by atoms with Crippen LogP contribution in [0.1, 0.15) is 53.9 Å². The number of hydrogen-bond acceptors (Lipinski definition) is 4. The molecule has 0 aliphatic carbocycles. The van der Waals surface area contributed by atoms with Crippen molar-refractivity contribution in [2.45, 2.75) is 76.8 Å². The van der Waals surface area contributed by atoms with Gasteiger partial charge >= 0.3 is 0 Å². The highest BCUT2D eigenvalue weighted by atomic mass is 32.2. The molecule has 3 unspecified atom stereocenters. The van der Waals surface area contributed by atoms with Gasteiger partial charge in [-0.25, -0.2) is 0 Å². The van der Waals surface area contributed by atoms with E-state index in [0.29, 0.717) is 11.3 Å². The third-order valence-corrected chi connectivity index (χ3v) is 4.43. The van der Waals surface area contributed by atoms with Gasteiger partial charge in [0.15, 0.2) is 0 Å². The van der Waals surface area contributed by atoms with Crippen LogP contribution in [0.4, 0.5) is 0 Å². The van der Waals surface area contributed by atoms with Crippen LogP contribution in [0, 0.1) is 11.3 Å². The van der Waals surface area contributed by atoms with Crippen molar-refractivity contribution in [3.05, 3.63) is 0 Å². The number of unbranched alkanes of at least 4 members (excludes halogenated alkanes) is 1. The molecule has 0 aromatic carbocycles. The first-order chi connectivity index (χ1) is 8.30. The first-order valence-electron chi connectivity index (χ1n) is 6.79. The van der Waals surface area contributed by atoms with Crippen LogP contribution in [0.15, 0.2) is 0 Å². The molecule has 0 aliphatic heterocycles. The van der Waals surface area contributed by atoms with Gasteiger partial charge in [-0.3, -0.25) is 5.32 Å². The number of rotatable bonds is 9. The molecular weight excluding hydrogens is 244 g/mol. The van der Waals surface area contributed by atoms with Crippen molar-refractivity contribution in [2.75, 3.05) is 5.75 Å². The molecule has 0 aliphatic rings. The summed E-state index contributed by atoms with van der Waals surface area (Å²) in [6, 6.07) is 2.70. The quantitative estimate of drug-likeness (QED) is 0.634. The van der Waals surface area contributed by atoms with Gasteiger partial charge in [-0.05, 0) is 52.7 Å². The van der Waals surface area contributed by atoms with E-state index in [1.165, 1.54) is 0 Å². The van der Waals surface area contributed by atoms with E-state index in [4.69, 9.17) is 0 Å². The molecule has 0 radical (unpaired) electrons. The Hall–Kier alpha value is -0.240. The summed E-state index contributed by atoms with van der Waals surface area (Å²) >= 11 is 1.80. The summed E-state index contributed by atoms with van der Waals surface area (Å²) < 4.78 is 0. The summed E-state index contributed by atoms with van der Waals surface area (Å²) in [5.41, 5.74) is -0.408. The van der Waals surface area contributed by atoms with Crippen LogP contribution in [-0.2, 0) is 0 Å². The Kier molecular flexibility index (Phi) is 8.67. The third kappa shape index (κ3) is 7.97. The van der Waals surface area contributed by atoms with E-state index in [1.54, 1.807) is 11.8 Å². The Morgan fingerprint density at radius 3 is 2.33 bits per heavy atom. The molecule has 0 spiro atoms. The molecule has 0 saturated heterocycles. The maximum absolute atomic E-state index is 9.37. The lowest BCUT2D eigenvalue weighted by Gasteiger charge is -2.25. The summed E-state index contributed by atoms with van der Waals surface area (Å²) in [4.78, 5) is 0. The lowest BCUT2D eigenvalue weighted by atomic mass is 9.96. The molecule has 4 heteroatoms. The van der Waals surface area contributed by atoms with Crippen molar-refractivity contribution in [2.24, 2.45) is 0 Å². The Morgan fingerprint density at radius 2 is 1.89 bits per heavy atom. The number of thioether (sulfide) groups is 1. The van der Waals surface area contributed by atoms with Gasteiger partial charge in [0.2, 0.25) is 0 Å². The van der Waals surface area contributed by atoms with E-state index < -0.39 is 5.54 Å². The van der Waals surface area contributed by atoms with E-state index in [9.17, 15) is 10.4 Å². The molecule has 18 heavy (non-hydrogen) atoms. The van der Waals surface area contributed by atoms with Gasteiger partial charge in [0, 0.05) is 11.3 Å². The molecule has 2 N–H and O–H groups in total. The Bertz CT molecular complexity index is 263. The van der Waals surface area contributed by atoms with Crippen molar-refractivity contribution in [1.82, 2.24) is 5.32 Å². The normalized spacial score (nSPS) is 18.1. The predicted molar refractivity (Wildman–Crippen MR) is 79.7 cm³/mol. The van der Waals surface area contributed by atoms with Crippen LogP contribution in [0.3, 0.4) is 0 Å². The second-order valence-corrected chi connectivity index (χ2v) is 7.00. The Balaban J connectivity index is 3.79. The molecule has 0 amide bonds. The third-order valence-electron chi connectivity index (χ3n) is 2.99. The second kappa shape index (κ2) is 8.79. The lowest BCUT2D eigenvalue weighted by Crippen LogP contribution is -2.44. The van der Waals surface area contributed by atoms with E-state index in [1.807, 2.05) is 13.8 Å². The molecular formula is C14H28N2OS. The average molecular weight is 272 g/mol. The van der Waals surface area contributed by atoms with Crippen molar-refractivity contribution in [3.63, 3.8) is 0 Å². The summed E-state index contributed by atoms with van der Waals surface area (Å²) in [6.45, 7) is 9.98. The SMILES string of the molecule is CC(C)NC(C)(C#N)CCCCSC(C)C(C)O.